The van der Waals surface area contributed by atoms with Crippen LogP contribution in [0.25, 0.3) is 0 Å². The minimum atomic E-state index is -0.337. The van der Waals surface area contributed by atoms with E-state index in [0.29, 0.717) is 17.8 Å². The van der Waals surface area contributed by atoms with Crippen molar-refractivity contribution in [1.82, 2.24) is 15.1 Å². The van der Waals surface area contributed by atoms with Crippen molar-refractivity contribution < 1.29 is 14.3 Å². The first-order valence-corrected chi connectivity index (χ1v) is 10.6. The average Bonchev–Trinajstić information content (AvgIpc) is 3.28. The Labute approximate surface area is 184 Å². The fourth-order valence-electron chi connectivity index (χ4n) is 3.94. The van der Waals surface area contributed by atoms with Gasteiger partial charge in [-0.1, -0.05) is 24.3 Å². The SMILES string of the molecule is COc1cccc(C(CNC(=O)Nc2cccc(C)c2C(=O)N2CCCC2)N(C)C)c1. The highest BCUT2D eigenvalue weighted by Gasteiger charge is 2.24. The Hall–Kier alpha value is -3.06. The third-order valence-corrected chi connectivity index (χ3v) is 5.69. The summed E-state index contributed by atoms with van der Waals surface area (Å²) < 4.78 is 5.32. The first-order valence-electron chi connectivity index (χ1n) is 10.6. The van der Waals surface area contributed by atoms with Crippen molar-refractivity contribution in [1.29, 1.82) is 0 Å². The predicted molar refractivity (Wildman–Crippen MR) is 123 cm³/mol. The topological polar surface area (TPSA) is 73.9 Å². The highest BCUT2D eigenvalue weighted by molar-refractivity contribution is 6.04. The number of likely N-dealkylation sites (tertiary alicyclic amines) is 1. The number of aryl methyl sites for hydroxylation is 1. The van der Waals surface area contributed by atoms with Gasteiger partial charge in [0.25, 0.3) is 5.91 Å². The molecule has 3 rings (SSSR count). The van der Waals surface area contributed by atoms with Gasteiger partial charge in [0.15, 0.2) is 0 Å². The number of carbonyl (C=O) groups is 2. The van der Waals surface area contributed by atoms with E-state index in [0.717, 1.165) is 42.8 Å². The maximum absolute atomic E-state index is 13.0. The van der Waals surface area contributed by atoms with Gasteiger partial charge in [0.1, 0.15) is 5.75 Å². The number of urea groups is 1. The van der Waals surface area contributed by atoms with Crippen LogP contribution in [0.3, 0.4) is 0 Å². The molecule has 1 saturated heterocycles. The summed E-state index contributed by atoms with van der Waals surface area (Å²) in [5, 5.41) is 5.83. The van der Waals surface area contributed by atoms with Crippen LogP contribution in [0.1, 0.15) is 40.4 Å². The standard InChI is InChI=1S/C24H32N4O3/c1-17-9-7-12-20(22(17)23(29)28-13-5-6-14-28)26-24(30)25-16-21(27(2)3)18-10-8-11-19(15-18)31-4/h7-12,15,21H,5-6,13-14,16H2,1-4H3,(H2,25,26,30). The summed E-state index contributed by atoms with van der Waals surface area (Å²) in [6.07, 6.45) is 2.05. The molecular formula is C24H32N4O3. The minimum absolute atomic E-state index is 0.0200. The van der Waals surface area contributed by atoms with Gasteiger partial charge in [-0.05, 0) is 63.2 Å². The molecule has 166 valence electrons. The molecule has 0 bridgehead atoms. The van der Waals surface area contributed by atoms with Gasteiger partial charge in [0, 0.05) is 19.6 Å². The normalized spacial score (nSPS) is 14.4. The quantitative estimate of drug-likeness (QED) is 0.711. The van der Waals surface area contributed by atoms with E-state index in [-0.39, 0.29) is 18.0 Å². The predicted octanol–water partition coefficient (Wildman–Crippen LogP) is 3.66. The van der Waals surface area contributed by atoms with Crippen LogP contribution >= 0.6 is 0 Å². The first kappa shape index (κ1) is 22.6. The molecule has 1 unspecified atom stereocenters. The summed E-state index contributed by atoms with van der Waals surface area (Å²) in [7, 11) is 5.58. The van der Waals surface area contributed by atoms with Gasteiger partial charge < -0.3 is 25.2 Å². The molecule has 7 heteroatoms. The third kappa shape index (κ3) is 5.55. The van der Waals surface area contributed by atoms with Gasteiger partial charge in [0.2, 0.25) is 0 Å². The van der Waals surface area contributed by atoms with Crippen LogP contribution in [-0.4, -0.2) is 62.6 Å². The smallest absolute Gasteiger partial charge is 0.319 e. The number of benzene rings is 2. The summed E-state index contributed by atoms with van der Waals surface area (Å²) >= 11 is 0. The molecule has 7 nitrogen and oxygen atoms in total. The minimum Gasteiger partial charge on any atom is -0.497 e. The summed E-state index contributed by atoms with van der Waals surface area (Å²) in [4.78, 5) is 29.6. The number of ether oxygens (including phenoxy) is 1. The molecule has 1 aliphatic heterocycles. The molecule has 0 radical (unpaired) electrons. The van der Waals surface area contributed by atoms with E-state index in [1.54, 1.807) is 13.2 Å². The van der Waals surface area contributed by atoms with Crippen LogP contribution in [0.5, 0.6) is 5.75 Å². The number of carbonyl (C=O) groups excluding carboxylic acids is 2. The van der Waals surface area contributed by atoms with Crippen LogP contribution < -0.4 is 15.4 Å². The molecule has 2 aromatic rings. The lowest BCUT2D eigenvalue weighted by atomic mass is 10.0. The van der Waals surface area contributed by atoms with Crippen LogP contribution in [0, 0.1) is 6.92 Å². The molecule has 3 amide bonds. The summed E-state index contributed by atoms with van der Waals surface area (Å²) in [6.45, 7) is 3.85. The fourth-order valence-corrected chi connectivity index (χ4v) is 3.94. The summed E-state index contributed by atoms with van der Waals surface area (Å²) in [5.74, 6) is 0.757. The molecule has 31 heavy (non-hydrogen) atoms. The van der Waals surface area contributed by atoms with E-state index >= 15 is 0 Å². The van der Waals surface area contributed by atoms with Crippen LogP contribution in [0.15, 0.2) is 42.5 Å². The summed E-state index contributed by atoms with van der Waals surface area (Å²) in [5.41, 5.74) is 3.01. The number of likely N-dealkylation sites (N-methyl/N-ethyl adjacent to an activating group) is 1. The van der Waals surface area contributed by atoms with Crippen molar-refractivity contribution in [3.8, 4) is 5.75 Å². The van der Waals surface area contributed by atoms with Crippen LogP contribution in [-0.2, 0) is 0 Å². The second-order valence-electron chi connectivity index (χ2n) is 8.09. The Bertz CT molecular complexity index is 923. The number of hydrogen-bond acceptors (Lipinski definition) is 4. The summed E-state index contributed by atoms with van der Waals surface area (Å²) in [6, 6.07) is 13.0. The molecule has 1 heterocycles. The lowest BCUT2D eigenvalue weighted by molar-refractivity contribution is 0.0793. The molecule has 2 N–H and O–H groups in total. The van der Waals surface area contributed by atoms with Crippen LogP contribution in [0.2, 0.25) is 0 Å². The van der Waals surface area contributed by atoms with Gasteiger partial charge in [-0.2, -0.15) is 0 Å². The van der Waals surface area contributed by atoms with E-state index in [9.17, 15) is 9.59 Å². The van der Waals surface area contributed by atoms with Crippen molar-refractivity contribution in [3.05, 3.63) is 59.2 Å². The highest BCUT2D eigenvalue weighted by Crippen LogP contribution is 2.24. The Kier molecular flexibility index (Phi) is 7.52. The highest BCUT2D eigenvalue weighted by atomic mass is 16.5. The van der Waals surface area contributed by atoms with Crippen molar-refractivity contribution in [3.63, 3.8) is 0 Å². The van der Waals surface area contributed by atoms with Crippen molar-refractivity contribution in [2.75, 3.05) is 46.2 Å². The molecule has 1 fully saturated rings. The zero-order chi connectivity index (χ0) is 22.4. The van der Waals surface area contributed by atoms with Gasteiger partial charge in [-0.3, -0.25) is 4.79 Å². The van der Waals surface area contributed by atoms with E-state index in [1.807, 2.05) is 67.2 Å². The molecule has 0 aromatic heterocycles. The van der Waals surface area contributed by atoms with Gasteiger partial charge >= 0.3 is 6.03 Å². The van der Waals surface area contributed by atoms with Gasteiger partial charge in [-0.25, -0.2) is 4.79 Å². The maximum atomic E-state index is 13.0. The molecule has 2 aromatic carbocycles. The molecule has 0 spiro atoms. The number of hydrogen-bond donors (Lipinski definition) is 2. The third-order valence-electron chi connectivity index (χ3n) is 5.69. The van der Waals surface area contributed by atoms with Gasteiger partial charge in [-0.15, -0.1) is 0 Å². The zero-order valence-corrected chi connectivity index (χ0v) is 18.8. The number of methoxy groups -OCH3 is 1. The van der Waals surface area contributed by atoms with Crippen molar-refractivity contribution >= 4 is 17.6 Å². The van der Waals surface area contributed by atoms with Crippen LogP contribution in [0.4, 0.5) is 10.5 Å². The Morgan fingerprint density at radius 1 is 1.13 bits per heavy atom. The first-order chi connectivity index (χ1) is 14.9. The maximum Gasteiger partial charge on any atom is 0.319 e. The number of nitrogens with zero attached hydrogens (tertiary/aromatic N) is 2. The Morgan fingerprint density at radius 2 is 1.84 bits per heavy atom. The van der Waals surface area contributed by atoms with E-state index in [4.69, 9.17) is 4.74 Å². The van der Waals surface area contributed by atoms with Gasteiger partial charge in [0.05, 0.1) is 24.4 Å². The monoisotopic (exact) mass is 424 g/mol. The molecule has 0 aliphatic carbocycles. The Morgan fingerprint density at radius 3 is 2.52 bits per heavy atom. The number of nitrogens with one attached hydrogen (secondary N) is 2. The van der Waals surface area contributed by atoms with E-state index in [1.165, 1.54) is 0 Å². The largest absolute Gasteiger partial charge is 0.497 e. The zero-order valence-electron chi connectivity index (χ0n) is 18.8. The number of amides is 3. The molecule has 1 atom stereocenters. The van der Waals surface area contributed by atoms with E-state index < -0.39 is 0 Å². The number of rotatable bonds is 7. The average molecular weight is 425 g/mol. The number of anilines is 1. The lowest BCUT2D eigenvalue weighted by Gasteiger charge is -2.26. The Balaban J connectivity index is 1.70. The molecular weight excluding hydrogens is 392 g/mol. The van der Waals surface area contributed by atoms with E-state index in [2.05, 4.69) is 10.6 Å². The van der Waals surface area contributed by atoms with Crippen molar-refractivity contribution in [2.24, 2.45) is 0 Å². The van der Waals surface area contributed by atoms with Crippen molar-refractivity contribution in [2.45, 2.75) is 25.8 Å². The molecule has 1 aliphatic rings. The fraction of sp³-hybridized carbons (Fsp3) is 0.417. The second kappa shape index (κ2) is 10.3. The lowest BCUT2D eigenvalue weighted by Crippen LogP contribution is -2.37. The molecule has 0 saturated carbocycles. The second-order valence-corrected chi connectivity index (χ2v) is 8.09.